The number of aromatic hydroxyl groups is 1. The van der Waals surface area contributed by atoms with Crippen LogP contribution in [0.5, 0.6) is 11.5 Å². The minimum atomic E-state index is 0.128. The molecule has 0 aliphatic rings. The number of nitriles is 1. The molecule has 1 aromatic rings. The van der Waals surface area contributed by atoms with Gasteiger partial charge in [-0.3, -0.25) is 0 Å². The van der Waals surface area contributed by atoms with Gasteiger partial charge in [0.05, 0.1) is 12.7 Å². The van der Waals surface area contributed by atoms with Crippen molar-refractivity contribution in [1.29, 1.82) is 5.26 Å². The van der Waals surface area contributed by atoms with Gasteiger partial charge in [-0.25, -0.2) is 0 Å². The van der Waals surface area contributed by atoms with Crippen LogP contribution in [0.15, 0.2) is 12.1 Å². The third-order valence-corrected chi connectivity index (χ3v) is 2.60. The number of hydrogen-bond donors (Lipinski definition) is 2. The third kappa shape index (κ3) is 2.44. The fourth-order valence-corrected chi connectivity index (χ4v) is 1.64. The summed E-state index contributed by atoms with van der Waals surface area (Å²) in [5.74, 6) is 0.670. The standard InChI is InChI=1S/C12H16N2O2/c1-8(3-4-13)10-5-9(7-14)12(16-2)6-11(10)15/h5-6,8,15H,3-4,13H2,1-2H3. The van der Waals surface area contributed by atoms with Crippen molar-refractivity contribution in [1.82, 2.24) is 0 Å². The zero-order valence-corrected chi connectivity index (χ0v) is 9.53. The van der Waals surface area contributed by atoms with E-state index in [9.17, 15) is 5.11 Å². The second-order valence-electron chi connectivity index (χ2n) is 3.70. The van der Waals surface area contributed by atoms with Gasteiger partial charge in [-0.1, -0.05) is 6.92 Å². The van der Waals surface area contributed by atoms with Crippen LogP contribution in [0.1, 0.15) is 30.4 Å². The summed E-state index contributed by atoms with van der Waals surface area (Å²) in [6.45, 7) is 2.52. The first-order chi connectivity index (χ1) is 7.63. The number of nitrogens with zero attached hydrogens (tertiary/aromatic N) is 1. The minimum Gasteiger partial charge on any atom is -0.508 e. The zero-order chi connectivity index (χ0) is 12.1. The predicted octanol–water partition coefficient (Wildman–Crippen LogP) is 1.72. The summed E-state index contributed by atoms with van der Waals surface area (Å²) in [5, 5.41) is 18.7. The molecule has 0 amide bonds. The molecule has 1 rings (SSSR count). The average molecular weight is 220 g/mol. The molecule has 0 saturated carbocycles. The van der Waals surface area contributed by atoms with E-state index in [2.05, 4.69) is 0 Å². The maximum atomic E-state index is 9.81. The lowest BCUT2D eigenvalue weighted by Crippen LogP contribution is -2.05. The Morgan fingerprint density at radius 1 is 1.56 bits per heavy atom. The molecular formula is C12H16N2O2. The van der Waals surface area contributed by atoms with Gasteiger partial charge in [-0.15, -0.1) is 0 Å². The summed E-state index contributed by atoms with van der Waals surface area (Å²) in [5.41, 5.74) is 6.64. The fourth-order valence-electron chi connectivity index (χ4n) is 1.64. The number of phenolic OH excluding ortho intramolecular Hbond substituents is 1. The van der Waals surface area contributed by atoms with E-state index in [-0.39, 0.29) is 11.7 Å². The quantitative estimate of drug-likeness (QED) is 0.809. The van der Waals surface area contributed by atoms with Crippen LogP contribution in [0.4, 0.5) is 0 Å². The van der Waals surface area contributed by atoms with Crippen molar-refractivity contribution in [2.75, 3.05) is 13.7 Å². The van der Waals surface area contributed by atoms with Crippen molar-refractivity contribution < 1.29 is 9.84 Å². The molecule has 0 spiro atoms. The van der Waals surface area contributed by atoms with Gasteiger partial charge in [0, 0.05) is 6.07 Å². The molecule has 0 aliphatic heterocycles. The molecule has 16 heavy (non-hydrogen) atoms. The van der Waals surface area contributed by atoms with Gasteiger partial charge in [0.15, 0.2) is 0 Å². The number of phenols is 1. The van der Waals surface area contributed by atoms with Gasteiger partial charge in [0.25, 0.3) is 0 Å². The normalized spacial score (nSPS) is 11.9. The van der Waals surface area contributed by atoms with Gasteiger partial charge >= 0.3 is 0 Å². The first kappa shape index (κ1) is 12.3. The lowest BCUT2D eigenvalue weighted by molar-refractivity contribution is 0.404. The van der Waals surface area contributed by atoms with Crippen LogP contribution in [-0.2, 0) is 0 Å². The highest BCUT2D eigenvalue weighted by Gasteiger charge is 2.14. The van der Waals surface area contributed by atoms with Crippen LogP contribution in [0.3, 0.4) is 0 Å². The molecule has 4 nitrogen and oxygen atoms in total. The van der Waals surface area contributed by atoms with Crippen molar-refractivity contribution in [2.45, 2.75) is 19.3 Å². The Hall–Kier alpha value is -1.73. The van der Waals surface area contributed by atoms with Gasteiger partial charge < -0.3 is 15.6 Å². The molecule has 0 aromatic heterocycles. The highest BCUT2D eigenvalue weighted by molar-refractivity contribution is 5.52. The van der Waals surface area contributed by atoms with E-state index in [4.69, 9.17) is 15.7 Å². The maximum Gasteiger partial charge on any atom is 0.140 e. The summed E-state index contributed by atoms with van der Waals surface area (Å²) in [7, 11) is 1.47. The van der Waals surface area contributed by atoms with Crippen molar-refractivity contribution in [3.63, 3.8) is 0 Å². The topological polar surface area (TPSA) is 79.3 Å². The molecule has 0 bridgehead atoms. The van der Waals surface area contributed by atoms with E-state index < -0.39 is 0 Å². The Morgan fingerprint density at radius 3 is 2.75 bits per heavy atom. The molecule has 0 heterocycles. The Labute approximate surface area is 95.3 Å². The molecule has 3 N–H and O–H groups in total. The molecule has 86 valence electrons. The Morgan fingerprint density at radius 2 is 2.25 bits per heavy atom. The third-order valence-electron chi connectivity index (χ3n) is 2.60. The van der Waals surface area contributed by atoms with Crippen LogP contribution in [0, 0.1) is 11.3 Å². The molecule has 1 aromatic carbocycles. The zero-order valence-electron chi connectivity index (χ0n) is 9.53. The molecule has 0 saturated heterocycles. The van der Waals surface area contributed by atoms with E-state index in [1.54, 1.807) is 6.07 Å². The summed E-state index contributed by atoms with van der Waals surface area (Å²) < 4.78 is 5.00. The Kier molecular flexibility index (Phi) is 4.15. The van der Waals surface area contributed by atoms with Crippen LogP contribution in [0.2, 0.25) is 0 Å². The van der Waals surface area contributed by atoms with Crippen LogP contribution >= 0.6 is 0 Å². The molecule has 1 unspecified atom stereocenters. The SMILES string of the molecule is COc1cc(O)c(C(C)CCN)cc1C#N. The van der Waals surface area contributed by atoms with Crippen LogP contribution < -0.4 is 10.5 Å². The van der Waals surface area contributed by atoms with Crippen LogP contribution in [-0.4, -0.2) is 18.8 Å². The number of ether oxygens (including phenoxy) is 1. The molecule has 4 heteroatoms. The molecule has 0 radical (unpaired) electrons. The van der Waals surface area contributed by atoms with Crippen molar-refractivity contribution in [2.24, 2.45) is 5.73 Å². The van der Waals surface area contributed by atoms with Gasteiger partial charge in [0.2, 0.25) is 0 Å². The van der Waals surface area contributed by atoms with E-state index in [0.717, 1.165) is 12.0 Å². The Balaban J connectivity index is 3.17. The molecular weight excluding hydrogens is 204 g/mol. The summed E-state index contributed by atoms with van der Waals surface area (Å²) in [4.78, 5) is 0. The maximum absolute atomic E-state index is 9.81. The number of nitrogens with two attached hydrogens (primary N) is 1. The molecule has 0 fully saturated rings. The van der Waals surface area contributed by atoms with Crippen molar-refractivity contribution in [3.05, 3.63) is 23.3 Å². The van der Waals surface area contributed by atoms with Crippen LogP contribution in [0.25, 0.3) is 0 Å². The largest absolute Gasteiger partial charge is 0.508 e. The fraction of sp³-hybridized carbons (Fsp3) is 0.417. The van der Waals surface area contributed by atoms with Crippen molar-refractivity contribution in [3.8, 4) is 17.6 Å². The smallest absolute Gasteiger partial charge is 0.140 e. The highest BCUT2D eigenvalue weighted by Crippen LogP contribution is 2.33. The predicted molar refractivity (Wildman–Crippen MR) is 61.5 cm³/mol. The number of rotatable bonds is 4. The Bertz CT molecular complexity index is 410. The summed E-state index contributed by atoms with van der Waals surface area (Å²) in [6, 6.07) is 5.18. The van der Waals surface area contributed by atoms with E-state index in [0.29, 0.717) is 17.9 Å². The lowest BCUT2D eigenvalue weighted by atomic mass is 9.95. The average Bonchev–Trinajstić information content (AvgIpc) is 2.28. The number of methoxy groups -OCH3 is 1. The molecule has 0 aliphatic carbocycles. The van der Waals surface area contributed by atoms with Gasteiger partial charge in [0.1, 0.15) is 17.6 Å². The summed E-state index contributed by atoms with van der Waals surface area (Å²) >= 11 is 0. The first-order valence-electron chi connectivity index (χ1n) is 5.15. The summed E-state index contributed by atoms with van der Waals surface area (Å²) in [6.07, 6.45) is 0.769. The molecule has 1 atom stereocenters. The van der Waals surface area contributed by atoms with Gasteiger partial charge in [-0.05, 0) is 30.5 Å². The second kappa shape index (κ2) is 5.38. The van der Waals surface area contributed by atoms with E-state index in [1.807, 2.05) is 13.0 Å². The highest BCUT2D eigenvalue weighted by atomic mass is 16.5. The minimum absolute atomic E-state index is 0.128. The monoisotopic (exact) mass is 220 g/mol. The van der Waals surface area contributed by atoms with Gasteiger partial charge in [-0.2, -0.15) is 5.26 Å². The number of benzene rings is 1. The lowest BCUT2D eigenvalue weighted by Gasteiger charge is -2.14. The first-order valence-corrected chi connectivity index (χ1v) is 5.15. The van der Waals surface area contributed by atoms with Crippen molar-refractivity contribution >= 4 is 0 Å². The second-order valence-corrected chi connectivity index (χ2v) is 3.70. The van der Waals surface area contributed by atoms with E-state index in [1.165, 1.54) is 13.2 Å². The van der Waals surface area contributed by atoms with E-state index >= 15 is 0 Å². The number of hydrogen-bond acceptors (Lipinski definition) is 4.